The number of carboxylic acids is 2. The molecule has 0 fully saturated rings. The van der Waals surface area contributed by atoms with E-state index in [0.717, 1.165) is 0 Å². The zero-order valence-electron chi connectivity index (χ0n) is 9.77. The van der Waals surface area contributed by atoms with E-state index in [0.29, 0.717) is 0 Å². The topological polar surface area (TPSA) is 248 Å². The molecule has 0 unspecified atom stereocenters. The van der Waals surface area contributed by atoms with Crippen LogP contribution in [0.4, 0.5) is 0 Å². The van der Waals surface area contributed by atoms with Crippen LogP contribution < -0.4 is 47.6 Å². The van der Waals surface area contributed by atoms with Crippen molar-refractivity contribution >= 4 is 22.3 Å². The molecular weight excluding hydrogens is 285 g/mol. The van der Waals surface area contributed by atoms with Crippen molar-refractivity contribution in [3.63, 3.8) is 0 Å². The normalized spacial score (nSPS) is 10.2. The third-order valence-electron chi connectivity index (χ3n) is 0.986. The van der Waals surface area contributed by atoms with Crippen LogP contribution in [0.5, 0.6) is 0 Å². The predicted molar refractivity (Wildman–Crippen MR) is 54.9 cm³/mol. The summed E-state index contributed by atoms with van der Waals surface area (Å²) in [6, 6.07) is -1.06. The van der Waals surface area contributed by atoms with Crippen LogP contribution in [0.1, 0.15) is 12.8 Å². The van der Waals surface area contributed by atoms with E-state index in [1.54, 1.807) is 0 Å². The second kappa shape index (κ2) is 14.7. The van der Waals surface area contributed by atoms with E-state index in [-0.39, 0.29) is 54.7 Å². The maximum absolute atomic E-state index is 9.99. The van der Waals surface area contributed by atoms with Gasteiger partial charge in [0, 0.05) is 6.42 Å². The molecule has 11 nitrogen and oxygen atoms in total. The van der Waals surface area contributed by atoms with Crippen molar-refractivity contribution in [2.45, 2.75) is 18.9 Å². The molecule has 0 aromatic carbocycles. The molecule has 106 valence electrons. The van der Waals surface area contributed by atoms with E-state index in [1.807, 2.05) is 0 Å². The molecule has 0 bridgehead atoms. The van der Waals surface area contributed by atoms with Crippen molar-refractivity contribution in [3.8, 4) is 0 Å². The number of carboxylic acid groups (broad SMARTS) is 2. The zero-order chi connectivity index (χ0) is 12.6. The Morgan fingerprint density at radius 1 is 1.22 bits per heavy atom. The molecule has 0 aliphatic heterocycles. The molecule has 0 amide bonds. The molecule has 0 saturated carbocycles. The molecule has 0 aliphatic rings. The predicted octanol–water partition coefficient (Wildman–Crippen LogP) is -4.40. The Hall–Kier alpha value is -0.310. The fourth-order valence-corrected chi connectivity index (χ4v) is 0.402. The number of nitrogens with two attached hydrogens (primary N) is 1. The maximum Gasteiger partial charge on any atom is 1.00 e. The van der Waals surface area contributed by atoms with Gasteiger partial charge in [0.15, 0.2) is 0 Å². The zero-order valence-corrected chi connectivity index (χ0v) is 12.6. The summed E-state index contributed by atoms with van der Waals surface area (Å²) in [5, 5.41) is 16.3. The van der Waals surface area contributed by atoms with Gasteiger partial charge in [-0.05, 0) is 6.42 Å². The van der Waals surface area contributed by atoms with Gasteiger partial charge in [0.05, 0.1) is 0 Å². The summed E-state index contributed by atoms with van der Waals surface area (Å²) in [7, 11) is -4.92. The van der Waals surface area contributed by atoms with Crippen molar-refractivity contribution in [3.05, 3.63) is 0 Å². The van der Waals surface area contributed by atoms with Gasteiger partial charge in [-0.15, -0.1) is 0 Å². The summed E-state index contributed by atoms with van der Waals surface area (Å²) in [5.41, 5.74) is 5.00. The van der Waals surface area contributed by atoms with Gasteiger partial charge in [0.2, 0.25) is 10.4 Å². The standard InChI is InChI=1S/C5H9NO4.2H3N.Na.H2O4S/c6-3(5(9)10)1-2-4(7)8;;;;1-5(2,3)4/h3H,1-2,6H2,(H,7,8)(H,9,10);2*1H3;;(H2,1,2,3,4)/q;;;+1;/p-1/t3-;;;;/m0..../s1. The van der Waals surface area contributed by atoms with Gasteiger partial charge in [0.25, 0.3) is 0 Å². The molecule has 13 heteroatoms. The molecular formula is C5H16N3NaO8S. The minimum Gasteiger partial charge on any atom is -0.726 e. The summed E-state index contributed by atoms with van der Waals surface area (Å²) < 4.78 is 32.8. The molecule has 0 rings (SSSR count). The van der Waals surface area contributed by atoms with E-state index < -0.39 is 28.4 Å². The number of rotatable bonds is 4. The Bertz CT molecular complexity index is 313. The summed E-state index contributed by atoms with van der Waals surface area (Å²) in [6.45, 7) is 0. The van der Waals surface area contributed by atoms with Crippen LogP contribution in [-0.4, -0.2) is 45.7 Å². The molecule has 0 spiro atoms. The molecule has 0 aliphatic carbocycles. The van der Waals surface area contributed by atoms with E-state index in [4.69, 9.17) is 33.5 Å². The van der Waals surface area contributed by atoms with Crippen molar-refractivity contribution in [1.82, 2.24) is 12.3 Å². The monoisotopic (exact) mass is 301 g/mol. The fourth-order valence-electron chi connectivity index (χ4n) is 0.402. The first-order valence-corrected chi connectivity index (χ1v) is 4.79. The second-order valence-corrected chi connectivity index (χ2v) is 3.16. The molecule has 0 heterocycles. The third-order valence-corrected chi connectivity index (χ3v) is 0.986. The molecule has 18 heavy (non-hydrogen) atoms. The fraction of sp³-hybridized carbons (Fsp3) is 0.600. The first-order valence-electron chi connectivity index (χ1n) is 3.42. The van der Waals surface area contributed by atoms with Crippen molar-refractivity contribution in [2.24, 2.45) is 5.73 Å². The quantitative estimate of drug-likeness (QED) is 0.164. The summed E-state index contributed by atoms with van der Waals surface area (Å²) in [4.78, 5) is 19.9. The number of carbonyl (C=O) groups is 2. The van der Waals surface area contributed by atoms with Gasteiger partial charge in [-0.25, -0.2) is 8.42 Å². The number of hydrogen-bond donors (Lipinski definition) is 6. The van der Waals surface area contributed by atoms with Crippen LogP contribution in [-0.2, 0) is 20.0 Å². The molecule has 0 aromatic heterocycles. The van der Waals surface area contributed by atoms with Crippen LogP contribution in [0.3, 0.4) is 0 Å². The van der Waals surface area contributed by atoms with Crippen LogP contribution >= 0.6 is 0 Å². The van der Waals surface area contributed by atoms with E-state index >= 15 is 0 Å². The third kappa shape index (κ3) is 44.8. The van der Waals surface area contributed by atoms with Gasteiger partial charge in [-0.2, -0.15) is 0 Å². The Kier molecular flexibility index (Phi) is 25.1. The molecule has 0 aromatic rings. The van der Waals surface area contributed by atoms with E-state index in [1.165, 1.54) is 0 Å². The van der Waals surface area contributed by atoms with Crippen molar-refractivity contribution < 1.29 is 66.9 Å². The first-order chi connectivity index (χ1) is 6.54. The van der Waals surface area contributed by atoms with Gasteiger partial charge in [-0.3, -0.25) is 14.1 Å². The smallest absolute Gasteiger partial charge is 0.726 e. The summed E-state index contributed by atoms with van der Waals surface area (Å²) in [6.07, 6.45) is -0.224. The molecule has 11 N–H and O–H groups in total. The Morgan fingerprint density at radius 2 is 1.50 bits per heavy atom. The van der Waals surface area contributed by atoms with Crippen LogP contribution in [0, 0.1) is 0 Å². The minimum atomic E-state index is -4.92. The van der Waals surface area contributed by atoms with Gasteiger partial charge < -0.3 is 32.8 Å². The Morgan fingerprint density at radius 3 is 1.67 bits per heavy atom. The molecule has 1 atom stereocenters. The van der Waals surface area contributed by atoms with Crippen LogP contribution in [0.25, 0.3) is 0 Å². The number of hydrogen-bond acceptors (Lipinski definition) is 8. The molecule has 0 radical (unpaired) electrons. The van der Waals surface area contributed by atoms with E-state index in [2.05, 4.69) is 0 Å². The summed E-state index contributed by atoms with van der Waals surface area (Å²) in [5.74, 6) is -2.20. The molecule has 0 saturated heterocycles. The second-order valence-electron chi connectivity index (χ2n) is 2.30. The van der Waals surface area contributed by atoms with Gasteiger partial charge in [0.1, 0.15) is 6.04 Å². The Balaban J connectivity index is -0.0000000621. The minimum absolute atomic E-state index is 0. The largest absolute Gasteiger partial charge is 1.00 e. The van der Waals surface area contributed by atoms with Crippen LogP contribution in [0.15, 0.2) is 0 Å². The van der Waals surface area contributed by atoms with Gasteiger partial charge >= 0.3 is 41.5 Å². The first kappa shape index (κ1) is 30.6. The summed E-state index contributed by atoms with van der Waals surface area (Å²) >= 11 is 0. The number of aliphatic carboxylic acids is 2. The Labute approximate surface area is 126 Å². The average Bonchev–Trinajstić information content (AvgIpc) is 1.96. The van der Waals surface area contributed by atoms with Crippen LogP contribution in [0.2, 0.25) is 0 Å². The average molecular weight is 301 g/mol. The maximum atomic E-state index is 9.99. The van der Waals surface area contributed by atoms with E-state index in [9.17, 15) is 9.59 Å². The van der Waals surface area contributed by atoms with Crippen molar-refractivity contribution in [1.29, 1.82) is 0 Å². The van der Waals surface area contributed by atoms with Crippen molar-refractivity contribution in [2.75, 3.05) is 0 Å². The van der Waals surface area contributed by atoms with Gasteiger partial charge in [-0.1, -0.05) is 0 Å². The SMILES string of the molecule is N.N.N[C@@H](CCC(=O)O)C(=O)O.O=S(=O)([O-])O.[Na+].